The molecule has 0 saturated heterocycles. The molecule has 2 atom stereocenters. The largest absolute Gasteiger partial charge is 0.349 e. The number of thioether (sulfide) groups is 1. The van der Waals surface area contributed by atoms with Crippen LogP contribution < -0.4 is 0 Å². The molecule has 2 unspecified atom stereocenters. The molecule has 0 spiro atoms. The Morgan fingerprint density at radius 2 is 1.89 bits per heavy atom. The zero-order valence-electron chi connectivity index (χ0n) is 11.9. The van der Waals surface area contributed by atoms with Crippen molar-refractivity contribution in [3.05, 3.63) is 0 Å². The normalized spacial score (nSPS) is 29.3. The molecular weight excluding hydrogens is 244 g/mol. The summed E-state index contributed by atoms with van der Waals surface area (Å²) in [5.74, 6) is 0.293. The van der Waals surface area contributed by atoms with Gasteiger partial charge in [-0.3, -0.25) is 4.79 Å². The fraction of sp³-hybridized carbons (Fsp3) is 0.857. The first kappa shape index (κ1) is 13.9. The van der Waals surface area contributed by atoms with Crippen LogP contribution in [0.15, 0.2) is 4.99 Å². The van der Waals surface area contributed by atoms with E-state index in [2.05, 4.69) is 30.7 Å². The monoisotopic (exact) mass is 268 g/mol. The van der Waals surface area contributed by atoms with E-state index in [1.54, 1.807) is 0 Å². The lowest BCUT2D eigenvalue weighted by atomic mass is 9.99. The Balaban J connectivity index is 2.18. The molecule has 2 rings (SSSR count). The minimum absolute atomic E-state index is 0.0175. The van der Waals surface area contributed by atoms with Crippen LogP contribution in [0.1, 0.15) is 52.9 Å². The second-order valence-electron chi connectivity index (χ2n) is 6.36. The van der Waals surface area contributed by atoms with Crippen LogP contribution >= 0.6 is 11.8 Å². The van der Waals surface area contributed by atoms with Gasteiger partial charge in [0.25, 0.3) is 5.91 Å². The number of hydrogen-bond acceptors (Lipinski definition) is 3. The third kappa shape index (κ3) is 2.90. The van der Waals surface area contributed by atoms with Crippen molar-refractivity contribution in [2.24, 2.45) is 10.9 Å². The van der Waals surface area contributed by atoms with Crippen LogP contribution in [-0.2, 0) is 4.79 Å². The number of rotatable bonds is 0. The van der Waals surface area contributed by atoms with Crippen molar-refractivity contribution >= 4 is 22.8 Å². The van der Waals surface area contributed by atoms with Crippen molar-refractivity contribution in [2.75, 3.05) is 7.05 Å². The minimum Gasteiger partial charge on any atom is -0.349 e. The average molecular weight is 268 g/mol. The molecule has 1 amide bonds. The fourth-order valence-electron chi connectivity index (χ4n) is 2.48. The molecule has 4 heteroatoms. The summed E-state index contributed by atoms with van der Waals surface area (Å²) < 4.78 is 0. The molecule has 0 aromatic heterocycles. The van der Waals surface area contributed by atoms with Crippen LogP contribution in [0.3, 0.4) is 0 Å². The molecule has 1 fully saturated rings. The van der Waals surface area contributed by atoms with Gasteiger partial charge in [-0.1, -0.05) is 31.0 Å². The zero-order valence-corrected chi connectivity index (χ0v) is 12.7. The van der Waals surface area contributed by atoms with E-state index in [-0.39, 0.29) is 17.4 Å². The molecule has 3 nitrogen and oxygen atoms in total. The Labute approximate surface area is 114 Å². The highest BCUT2D eigenvalue weighted by Crippen LogP contribution is 2.38. The average Bonchev–Trinajstić information content (AvgIpc) is 2.52. The number of amides is 1. The van der Waals surface area contributed by atoms with Gasteiger partial charge in [0.15, 0.2) is 5.17 Å². The molecule has 102 valence electrons. The van der Waals surface area contributed by atoms with Crippen molar-refractivity contribution in [3.63, 3.8) is 0 Å². The van der Waals surface area contributed by atoms with E-state index in [0.29, 0.717) is 5.25 Å². The smallest absolute Gasteiger partial charge is 0.252 e. The maximum atomic E-state index is 12.2. The summed E-state index contributed by atoms with van der Waals surface area (Å²) in [5, 5.41) is 1.37. The minimum atomic E-state index is 0.0175. The molecular formula is C14H24N2OS. The molecule has 1 aliphatic heterocycles. The first-order valence-corrected chi connectivity index (χ1v) is 7.80. The summed E-state index contributed by atoms with van der Waals surface area (Å²) in [5.41, 5.74) is 0.0175. The van der Waals surface area contributed by atoms with Gasteiger partial charge in [0.1, 0.15) is 0 Å². The zero-order chi connectivity index (χ0) is 13.3. The van der Waals surface area contributed by atoms with Crippen molar-refractivity contribution in [2.45, 2.75) is 63.7 Å². The third-order valence-electron chi connectivity index (χ3n) is 4.03. The number of carbonyl (C=O) groups excluding carboxylic acids is 1. The van der Waals surface area contributed by atoms with E-state index in [1.807, 2.05) is 18.8 Å². The Morgan fingerprint density at radius 1 is 1.22 bits per heavy atom. The Morgan fingerprint density at radius 3 is 2.56 bits per heavy atom. The molecule has 1 heterocycles. The topological polar surface area (TPSA) is 32.7 Å². The van der Waals surface area contributed by atoms with Gasteiger partial charge in [0, 0.05) is 17.8 Å². The van der Waals surface area contributed by atoms with Crippen molar-refractivity contribution in [1.29, 1.82) is 0 Å². The predicted octanol–water partition coefficient (Wildman–Crippen LogP) is 3.30. The number of hydrogen-bond donors (Lipinski definition) is 0. The lowest BCUT2D eigenvalue weighted by Gasteiger charge is -2.38. The summed E-state index contributed by atoms with van der Waals surface area (Å²) in [4.78, 5) is 18.7. The number of fused-ring (bicyclic) bond motifs is 1. The lowest BCUT2D eigenvalue weighted by molar-refractivity contribution is -0.121. The van der Waals surface area contributed by atoms with E-state index >= 15 is 0 Å². The Hall–Kier alpha value is -0.510. The molecule has 0 bridgehead atoms. The fourth-order valence-corrected chi connectivity index (χ4v) is 4.02. The van der Waals surface area contributed by atoms with E-state index in [4.69, 9.17) is 0 Å². The predicted molar refractivity (Wildman–Crippen MR) is 77.9 cm³/mol. The third-order valence-corrected chi connectivity index (χ3v) is 5.47. The van der Waals surface area contributed by atoms with Gasteiger partial charge < -0.3 is 4.90 Å². The second-order valence-corrected chi connectivity index (χ2v) is 7.57. The van der Waals surface area contributed by atoms with Crippen LogP contribution in [0.2, 0.25) is 0 Å². The van der Waals surface area contributed by atoms with Crippen molar-refractivity contribution in [3.8, 4) is 0 Å². The highest BCUT2D eigenvalue weighted by atomic mass is 32.2. The standard InChI is InChI=1S/C14H24N2OS/c1-14(2,3)16(4)13-15-12(17)10-8-6-5-7-9-11(10)18-13/h10-11H,5-9H2,1-4H3. The van der Waals surface area contributed by atoms with Crippen LogP contribution in [-0.4, -0.2) is 33.8 Å². The van der Waals surface area contributed by atoms with Crippen LogP contribution in [0.25, 0.3) is 0 Å². The van der Waals surface area contributed by atoms with Gasteiger partial charge in [-0.25, -0.2) is 0 Å². The molecule has 18 heavy (non-hydrogen) atoms. The summed E-state index contributed by atoms with van der Waals surface area (Å²) >= 11 is 1.82. The number of aliphatic imine (C=N–C) groups is 1. The van der Waals surface area contributed by atoms with Crippen LogP contribution in [0.4, 0.5) is 0 Å². The summed E-state index contributed by atoms with van der Waals surface area (Å²) in [6.45, 7) is 6.46. The van der Waals surface area contributed by atoms with Crippen LogP contribution in [0.5, 0.6) is 0 Å². The van der Waals surface area contributed by atoms with E-state index < -0.39 is 0 Å². The molecule has 0 aromatic rings. The van der Waals surface area contributed by atoms with E-state index in [1.165, 1.54) is 19.3 Å². The summed E-state index contributed by atoms with van der Waals surface area (Å²) in [7, 11) is 2.04. The molecule has 1 saturated carbocycles. The molecule has 0 N–H and O–H groups in total. The highest BCUT2D eigenvalue weighted by molar-refractivity contribution is 8.14. The van der Waals surface area contributed by atoms with Gasteiger partial charge in [-0.2, -0.15) is 4.99 Å². The van der Waals surface area contributed by atoms with Gasteiger partial charge in [0.2, 0.25) is 0 Å². The number of nitrogens with zero attached hydrogens (tertiary/aromatic N) is 2. The lowest BCUT2D eigenvalue weighted by Crippen LogP contribution is -2.45. The molecule has 0 aromatic carbocycles. The summed E-state index contributed by atoms with van der Waals surface area (Å²) in [6.07, 6.45) is 5.91. The first-order valence-electron chi connectivity index (χ1n) is 6.92. The SMILES string of the molecule is CN(C1=NC(=O)C2CCCCCC2S1)C(C)(C)C. The van der Waals surface area contributed by atoms with Gasteiger partial charge >= 0.3 is 0 Å². The van der Waals surface area contributed by atoms with Crippen molar-refractivity contribution < 1.29 is 4.79 Å². The Kier molecular flexibility index (Phi) is 4.05. The van der Waals surface area contributed by atoms with Crippen molar-refractivity contribution in [1.82, 2.24) is 4.90 Å². The quantitative estimate of drug-likeness (QED) is 0.676. The Bertz CT molecular complexity index is 359. The molecule has 0 radical (unpaired) electrons. The van der Waals surface area contributed by atoms with Gasteiger partial charge in [0.05, 0.1) is 5.92 Å². The molecule has 1 aliphatic carbocycles. The number of carbonyl (C=O) groups is 1. The molecule has 2 aliphatic rings. The van der Waals surface area contributed by atoms with Gasteiger partial charge in [-0.15, -0.1) is 0 Å². The summed E-state index contributed by atoms with van der Waals surface area (Å²) in [6, 6.07) is 0. The highest BCUT2D eigenvalue weighted by Gasteiger charge is 2.37. The maximum absolute atomic E-state index is 12.2. The second kappa shape index (κ2) is 5.24. The van der Waals surface area contributed by atoms with Gasteiger partial charge in [-0.05, 0) is 33.6 Å². The van der Waals surface area contributed by atoms with Crippen LogP contribution in [0, 0.1) is 5.92 Å². The first-order chi connectivity index (χ1) is 8.39. The van der Waals surface area contributed by atoms with E-state index in [9.17, 15) is 4.79 Å². The maximum Gasteiger partial charge on any atom is 0.252 e. The number of amidine groups is 1. The van der Waals surface area contributed by atoms with E-state index in [0.717, 1.165) is 18.0 Å².